The van der Waals surface area contributed by atoms with E-state index in [1.807, 2.05) is 24.3 Å². The summed E-state index contributed by atoms with van der Waals surface area (Å²) in [6, 6.07) is 7.46. The lowest BCUT2D eigenvalue weighted by atomic mass is 10.1. The van der Waals surface area contributed by atoms with Gasteiger partial charge in [-0.05, 0) is 36.5 Å². The molecule has 1 amide bonds. The first-order valence-electron chi connectivity index (χ1n) is 7.12. The summed E-state index contributed by atoms with van der Waals surface area (Å²) in [5.41, 5.74) is 0.936. The van der Waals surface area contributed by atoms with Gasteiger partial charge in [0.2, 0.25) is 11.0 Å². The van der Waals surface area contributed by atoms with E-state index in [0.29, 0.717) is 11.6 Å². The first-order valence-corrected chi connectivity index (χ1v) is 8.92. The molecular formula is C15H17N3O2S2. The zero-order valence-corrected chi connectivity index (χ0v) is 13.9. The van der Waals surface area contributed by atoms with Crippen molar-refractivity contribution in [3.8, 4) is 5.75 Å². The van der Waals surface area contributed by atoms with Crippen molar-refractivity contribution in [1.82, 2.24) is 10.2 Å². The number of carbonyl (C=O) groups excluding carboxylic acids is 1. The topological polar surface area (TPSA) is 64.1 Å². The first kappa shape index (κ1) is 15.3. The zero-order chi connectivity index (χ0) is 15.4. The number of methoxy groups -OCH3 is 1. The number of ether oxygens (including phenoxy) is 1. The molecule has 1 fully saturated rings. The van der Waals surface area contributed by atoms with Crippen LogP contribution in [-0.4, -0.2) is 29.0 Å². The molecule has 1 N–H and O–H groups in total. The highest BCUT2D eigenvalue weighted by molar-refractivity contribution is 8.01. The molecule has 22 heavy (non-hydrogen) atoms. The molecule has 1 heterocycles. The summed E-state index contributed by atoms with van der Waals surface area (Å²) in [6.07, 6.45) is 2.97. The van der Waals surface area contributed by atoms with Crippen LogP contribution in [0.15, 0.2) is 28.6 Å². The Bertz CT molecular complexity index is 638. The van der Waals surface area contributed by atoms with E-state index in [1.165, 1.54) is 24.2 Å². The normalized spacial score (nSPS) is 13.9. The number of hydrogen-bond donors (Lipinski definition) is 1. The second-order valence-corrected chi connectivity index (χ2v) is 7.45. The highest BCUT2D eigenvalue weighted by Gasteiger charge is 2.22. The van der Waals surface area contributed by atoms with Crippen molar-refractivity contribution in [3.63, 3.8) is 0 Å². The molecule has 5 nitrogen and oxygen atoms in total. The maximum absolute atomic E-state index is 12.0. The van der Waals surface area contributed by atoms with E-state index < -0.39 is 0 Å². The minimum Gasteiger partial charge on any atom is -0.497 e. The summed E-state index contributed by atoms with van der Waals surface area (Å²) in [5, 5.41) is 11.5. The van der Waals surface area contributed by atoms with Crippen molar-refractivity contribution >= 4 is 34.1 Å². The number of benzene rings is 1. The van der Waals surface area contributed by atoms with Gasteiger partial charge in [0.05, 0.1) is 13.5 Å². The Morgan fingerprint density at radius 1 is 1.36 bits per heavy atom. The molecule has 1 aliphatic rings. The van der Waals surface area contributed by atoms with Crippen molar-refractivity contribution in [2.75, 3.05) is 18.2 Å². The number of nitrogens with one attached hydrogen (secondary N) is 1. The highest BCUT2D eigenvalue weighted by atomic mass is 32.2. The molecule has 0 atom stereocenters. The number of thioether (sulfide) groups is 1. The molecule has 3 rings (SSSR count). The second kappa shape index (κ2) is 7.11. The Hall–Kier alpha value is -1.60. The van der Waals surface area contributed by atoms with Crippen LogP contribution in [0.25, 0.3) is 0 Å². The molecule has 1 saturated carbocycles. The predicted molar refractivity (Wildman–Crippen MR) is 88.7 cm³/mol. The third-order valence-electron chi connectivity index (χ3n) is 3.32. The van der Waals surface area contributed by atoms with E-state index >= 15 is 0 Å². The third kappa shape index (κ3) is 4.45. The molecule has 2 aromatic rings. The summed E-state index contributed by atoms with van der Waals surface area (Å²) in [6.45, 7) is 0. The van der Waals surface area contributed by atoms with Gasteiger partial charge in [0.25, 0.3) is 0 Å². The standard InChI is InChI=1S/C15H17N3O2S2/c1-20-12-6-4-10(5-7-12)8-13(19)16-14-17-18-15(22-14)21-9-11-2-3-11/h4-7,11H,2-3,8-9H2,1H3,(H,16,17,19). The molecule has 1 aromatic carbocycles. The number of rotatable bonds is 7. The number of amides is 1. The van der Waals surface area contributed by atoms with Crippen LogP contribution in [-0.2, 0) is 11.2 Å². The monoisotopic (exact) mass is 335 g/mol. The third-order valence-corrected chi connectivity index (χ3v) is 5.52. The van der Waals surface area contributed by atoms with E-state index in [9.17, 15) is 4.79 Å². The number of hydrogen-bond acceptors (Lipinski definition) is 6. The molecule has 1 aliphatic carbocycles. The van der Waals surface area contributed by atoms with Gasteiger partial charge in [-0.25, -0.2) is 0 Å². The maximum Gasteiger partial charge on any atom is 0.230 e. The largest absolute Gasteiger partial charge is 0.497 e. The van der Waals surface area contributed by atoms with Gasteiger partial charge in [0.1, 0.15) is 5.75 Å². The van der Waals surface area contributed by atoms with Crippen molar-refractivity contribution in [2.45, 2.75) is 23.6 Å². The molecule has 0 spiro atoms. The van der Waals surface area contributed by atoms with Crippen LogP contribution in [0.3, 0.4) is 0 Å². The smallest absolute Gasteiger partial charge is 0.230 e. The zero-order valence-electron chi connectivity index (χ0n) is 12.2. The average Bonchev–Trinajstić information content (AvgIpc) is 3.25. The fourth-order valence-corrected chi connectivity index (χ4v) is 3.86. The quantitative estimate of drug-likeness (QED) is 0.622. The van der Waals surface area contributed by atoms with E-state index in [2.05, 4.69) is 15.5 Å². The summed E-state index contributed by atoms with van der Waals surface area (Å²) in [7, 11) is 1.62. The van der Waals surface area contributed by atoms with Crippen LogP contribution < -0.4 is 10.1 Å². The van der Waals surface area contributed by atoms with Gasteiger partial charge in [-0.2, -0.15) is 0 Å². The molecule has 0 unspecified atom stereocenters. The molecule has 0 aliphatic heterocycles. The second-order valence-electron chi connectivity index (χ2n) is 5.20. The van der Waals surface area contributed by atoms with E-state index in [1.54, 1.807) is 18.9 Å². The number of carbonyl (C=O) groups is 1. The lowest BCUT2D eigenvalue weighted by Crippen LogP contribution is -2.14. The Kier molecular flexibility index (Phi) is 4.94. The van der Waals surface area contributed by atoms with Gasteiger partial charge >= 0.3 is 0 Å². The predicted octanol–water partition coefficient (Wildman–Crippen LogP) is 3.23. The van der Waals surface area contributed by atoms with Crippen LogP contribution >= 0.6 is 23.1 Å². The van der Waals surface area contributed by atoms with Crippen LogP contribution in [0.1, 0.15) is 18.4 Å². The Morgan fingerprint density at radius 3 is 2.82 bits per heavy atom. The Labute approximate surface area is 137 Å². The molecular weight excluding hydrogens is 318 g/mol. The van der Waals surface area contributed by atoms with Gasteiger partial charge in [0, 0.05) is 5.75 Å². The van der Waals surface area contributed by atoms with Gasteiger partial charge in [-0.3, -0.25) is 4.79 Å². The molecule has 0 radical (unpaired) electrons. The van der Waals surface area contributed by atoms with E-state index in [4.69, 9.17) is 4.74 Å². The molecule has 0 saturated heterocycles. The SMILES string of the molecule is COc1ccc(CC(=O)Nc2nnc(SCC3CC3)s2)cc1. The minimum atomic E-state index is -0.0833. The van der Waals surface area contributed by atoms with Crippen molar-refractivity contribution in [1.29, 1.82) is 0 Å². The first-order chi connectivity index (χ1) is 10.7. The fourth-order valence-electron chi connectivity index (χ4n) is 1.88. The van der Waals surface area contributed by atoms with Gasteiger partial charge in [-0.1, -0.05) is 35.2 Å². The fraction of sp³-hybridized carbons (Fsp3) is 0.400. The van der Waals surface area contributed by atoms with Gasteiger partial charge < -0.3 is 10.1 Å². The summed E-state index contributed by atoms with van der Waals surface area (Å²) in [5.74, 6) is 2.65. The minimum absolute atomic E-state index is 0.0833. The van der Waals surface area contributed by atoms with Gasteiger partial charge in [0.15, 0.2) is 4.34 Å². The van der Waals surface area contributed by atoms with Crippen LogP contribution in [0.5, 0.6) is 5.75 Å². The van der Waals surface area contributed by atoms with E-state index in [0.717, 1.165) is 27.3 Å². The summed E-state index contributed by atoms with van der Waals surface area (Å²) < 4.78 is 6.02. The van der Waals surface area contributed by atoms with Gasteiger partial charge in [-0.15, -0.1) is 10.2 Å². The molecule has 0 bridgehead atoms. The van der Waals surface area contributed by atoms with Crippen molar-refractivity contribution < 1.29 is 9.53 Å². The summed E-state index contributed by atoms with van der Waals surface area (Å²) in [4.78, 5) is 12.0. The summed E-state index contributed by atoms with van der Waals surface area (Å²) >= 11 is 3.16. The van der Waals surface area contributed by atoms with Crippen LogP contribution in [0, 0.1) is 5.92 Å². The number of nitrogens with zero attached hydrogens (tertiary/aromatic N) is 2. The number of anilines is 1. The number of aromatic nitrogens is 2. The average molecular weight is 335 g/mol. The van der Waals surface area contributed by atoms with Crippen molar-refractivity contribution in [2.24, 2.45) is 5.92 Å². The highest BCUT2D eigenvalue weighted by Crippen LogP contribution is 2.36. The molecule has 1 aromatic heterocycles. The van der Waals surface area contributed by atoms with E-state index in [-0.39, 0.29) is 5.91 Å². The molecule has 116 valence electrons. The van der Waals surface area contributed by atoms with Crippen LogP contribution in [0.4, 0.5) is 5.13 Å². The lowest BCUT2D eigenvalue weighted by molar-refractivity contribution is -0.115. The Morgan fingerprint density at radius 2 is 2.14 bits per heavy atom. The van der Waals surface area contributed by atoms with Crippen LogP contribution in [0.2, 0.25) is 0 Å². The lowest BCUT2D eigenvalue weighted by Gasteiger charge is -2.03. The maximum atomic E-state index is 12.0. The molecule has 7 heteroatoms. The Balaban J connectivity index is 1.49. The van der Waals surface area contributed by atoms with Crippen molar-refractivity contribution in [3.05, 3.63) is 29.8 Å².